The molecular formula is C18H15N3O2. The Morgan fingerprint density at radius 2 is 2.09 bits per heavy atom. The Labute approximate surface area is 133 Å². The van der Waals surface area contributed by atoms with Gasteiger partial charge in [-0.3, -0.25) is 4.79 Å². The molecule has 2 aliphatic heterocycles. The SMILES string of the molecule is O=C1NC2=C(C(Cc3ccco3)c3ccccc32)N2C=CNC12. The Balaban J connectivity index is 1.66. The Morgan fingerprint density at radius 3 is 2.96 bits per heavy atom. The zero-order chi connectivity index (χ0) is 15.4. The van der Waals surface area contributed by atoms with Gasteiger partial charge in [0.15, 0.2) is 6.17 Å². The highest BCUT2D eigenvalue weighted by molar-refractivity contribution is 5.96. The van der Waals surface area contributed by atoms with Gasteiger partial charge in [0.2, 0.25) is 0 Å². The number of benzene rings is 1. The molecule has 0 saturated heterocycles. The van der Waals surface area contributed by atoms with Gasteiger partial charge >= 0.3 is 0 Å². The van der Waals surface area contributed by atoms with Crippen LogP contribution in [-0.2, 0) is 11.2 Å². The Kier molecular flexibility index (Phi) is 2.47. The monoisotopic (exact) mass is 305 g/mol. The van der Waals surface area contributed by atoms with Crippen molar-refractivity contribution in [2.45, 2.75) is 18.5 Å². The van der Waals surface area contributed by atoms with Gasteiger partial charge in [-0.15, -0.1) is 0 Å². The maximum atomic E-state index is 12.3. The van der Waals surface area contributed by atoms with E-state index in [-0.39, 0.29) is 18.0 Å². The molecule has 0 bridgehead atoms. The Morgan fingerprint density at radius 1 is 1.17 bits per heavy atom. The minimum atomic E-state index is -0.359. The molecule has 0 spiro atoms. The first-order chi connectivity index (χ1) is 11.3. The highest BCUT2D eigenvalue weighted by Gasteiger charge is 2.44. The van der Waals surface area contributed by atoms with Crippen molar-refractivity contribution >= 4 is 11.6 Å². The summed E-state index contributed by atoms with van der Waals surface area (Å²) in [5.41, 5.74) is 4.39. The van der Waals surface area contributed by atoms with Crippen molar-refractivity contribution in [1.29, 1.82) is 0 Å². The third-order valence-electron chi connectivity index (χ3n) is 4.72. The molecule has 2 unspecified atom stereocenters. The molecule has 23 heavy (non-hydrogen) atoms. The van der Waals surface area contributed by atoms with Gasteiger partial charge in [-0.1, -0.05) is 24.3 Å². The molecule has 5 rings (SSSR count). The first kappa shape index (κ1) is 12.6. The highest BCUT2D eigenvalue weighted by atomic mass is 16.3. The van der Waals surface area contributed by atoms with Crippen LogP contribution in [0.15, 0.2) is 65.2 Å². The minimum Gasteiger partial charge on any atom is -0.469 e. The molecule has 0 fully saturated rings. The number of carbonyl (C=O) groups is 1. The van der Waals surface area contributed by atoms with Crippen LogP contribution in [0.2, 0.25) is 0 Å². The number of carbonyl (C=O) groups excluding carboxylic acids is 1. The summed E-state index contributed by atoms with van der Waals surface area (Å²) in [4.78, 5) is 14.4. The number of furan rings is 1. The van der Waals surface area contributed by atoms with Crippen LogP contribution in [0.5, 0.6) is 0 Å². The van der Waals surface area contributed by atoms with E-state index in [0.29, 0.717) is 0 Å². The second-order valence-corrected chi connectivity index (χ2v) is 5.97. The van der Waals surface area contributed by atoms with Gasteiger partial charge in [-0.05, 0) is 17.7 Å². The van der Waals surface area contributed by atoms with Crippen LogP contribution in [0, 0.1) is 0 Å². The van der Waals surface area contributed by atoms with Crippen LogP contribution < -0.4 is 10.6 Å². The fourth-order valence-electron chi connectivity index (χ4n) is 3.76. The molecule has 5 nitrogen and oxygen atoms in total. The number of rotatable bonds is 2. The summed E-state index contributed by atoms with van der Waals surface area (Å²) < 4.78 is 5.56. The zero-order valence-corrected chi connectivity index (χ0v) is 12.3. The van der Waals surface area contributed by atoms with Crippen molar-refractivity contribution in [3.05, 3.63) is 77.6 Å². The molecule has 1 aromatic heterocycles. The van der Waals surface area contributed by atoms with E-state index < -0.39 is 0 Å². The van der Waals surface area contributed by atoms with Crippen LogP contribution in [0.3, 0.4) is 0 Å². The second-order valence-electron chi connectivity index (χ2n) is 5.97. The molecule has 0 saturated carbocycles. The average molecular weight is 305 g/mol. The van der Waals surface area contributed by atoms with Crippen molar-refractivity contribution in [2.24, 2.45) is 0 Å². The Hall–Kier alpha value is -2.95. The van der Waals surface area contributed by atoms with Gasteiger partial charge in [0.25, 0.3) is 5.91 Å². The van der Waals surface area contributed by atoms with Crippen LogP contribution in [-0.4, -0.2) is 17.0 Å². The highest BCUT2D eigenvalue weighted by Crippen LogP contribution is 2.46. The standard InChI is InChI=1S/C18H15N3O2/c22-18-17-19-7-8-21(17)16-14(10-11-4-3-9-23-11)12-5-1-2-6-13(12)15(16)20-18/h1-9,14,17,19H,10H2,(H,20,22). The number of hydrogen-bond donors (Lipinski definition) is 2. The van der Waals surface area contributed by atoms with E-state index in [1.807, 2.05) is 41.6 Å². The number of amides is 1. The molecule has 3 heterocycles. The maximum Gasteiger partial charge on any atom is 0.268 e. The summed E-state index contributed by atoms with van der Waals surface area (Å²) in [6.45, 7) is 0. The van der Waals surface area contributed by atoms with E-state index in [1.165, 1.54) is 5.56 Å². The summed E-state index contributed by atoms with van der Waals surface area (Å²) >= 11 is 0. The number of nitrogens with one attached hydrogen (secondary N) is 2. The first-order valence-electron chi connectivity index (χ1n) is 7.71. The van der Waals surface area contributed by atoms with Crippen LogP contribution in [0.4, 0.5) is 0 Å². The first-order valence-corrected chi connectivity index (χ1v) is 7.71. The van der Waals surface area contributed by atoms with Crippen molar-refractivity contribution in [3.8, 4) is 0 Å². The molecule has 2 aromatic rings. The normalized spacial score (nSPS) is 24.2. The van der Waals surface area contributed by atoms with Crippen LogP contribution >= 0.6 is 0 Å². The molecule has 1 aliphatic carbocycles. The number of hydrogen-bond acceptors (Lipinski definition) is 4. The smallest absolute Gasteiger partial charge is 0.268 e. The number of nitrogens with zero attached hydrogens (tertiary/aromatic N) is 1. The lowest BCUT2D eigenvalue weighted by molar-refractivity contribution is -0.124. The summed E-state index contributed by atoms with van der Waals surface area (Å²) in [6.07, 6.45) is 5.89. The van der Waals surface area contributed by atoms with Gasteiger partial charge in [0.1, 0.15) is 5.76 Å². The second kappa shape index (κ2) is 4.52. The fourth-order valence-corrected chi connectivity index (χ4v) is 3.76. The molecule has 2 atom stereocenters. The van der Waals surface area contributed by atoms with Crippen molar-refractivity contribution in [3.63, 3.8) is 0 Å². The molecule has 3 aliphatic rings. The molecule has 1 amide bonds. The van der Waals surface area contributed by atoms with Crippen molar-refractivity contribution < 1.29 is 9.21 Å². The number of allylic oxidation sites excluding steroid dienone is 1. The van der Waals surface area contributed by atoms with Crippen LogP contribution in [0.1, 0.15) is 22.8 Å². The average Bonchev–Trinajstić information content (AvgIpc) is 3.28. The molecule has 114 valence electrons. The molecular weight excluding hydrogens is 290 g/mol. The topological polar surface area (TPSA) is 57.5 Å². The summed E-state index contributed by atoms with van der Waals surface area (Å²) in [5.74, 6) is 1.09. The quantitative estimate of drug-likeness (QED) is 0.892. The predicted octanol–water partition coefficient (Wildman–Crippen LogP) is 2.12. The lowest BCUT2D eigenvalue weighted by Crippen LogP contribution is -2.52. The molecule has 0 radical (unpaired) electrons. The lowest BCUT2D eigenvalue weighted by atomic mass is 9.94. The minimum absolute atomic E-state index is 0.0257. The van der Waals surface area contributed by atoms with Gasteiger partial charge in [-0.2, -0.15) is 0 Å². The van der Waals surface area contributed by atoms with Crippen molar-refractivity contribution in [2.75, 3.05) is 0 Å². The van der Waals surface area contributed by atoms with E-state index in [1.54, 1.807) is 6.26 Å². The van der Waals surface area contributed by atoms with E-state index in [0.717, 1.165) is 29.1 Å². The predicted molar refractivity (Wildman–Crippen MR) is 84.6 cm³/mol. The third kappa shape index (κ3) is 1.70. The van der Waals surface area contributed by atoms with E-state index in [2.05, 4.69) is 22.8 Å². The zero-order valence-electron chi connectivity index (χ0n) is 12.3. The van der Waals surface area contributed by atoms with Gasteiger partial charge in [-0.25, -0.2) is 0 Å². The Bertz CT molecular complexity index is 851. The van der Waals surface area contributed by atoms with E-state index >= 15 is 0 Å². The fraction of sp³-hybridized carbons (Fsp3) is 0.167. The largest absolute Gasteiger partial charge is 0.469 e. The van der Waals surface area contributed by atoms with Gasteiger partial charge in [0, 0.05) is 30.3 Å². The lowest BCUT2D eigenvalue weighted by Gasteiger charge is -2.34. The van der Waals surface area contributed by atoms with E-state index in [4.69, 9.17) is 4.42 Å². The maximum absolute atomic E-state index is 12.3. The van der Waals surface area contributed by atoms with E-state index in [9.17, 15) is 4.79 Å². The molecule has 2 N–H and O–H groups in total. The van der Waals surface area contributed by atoms with Crippen LogP contribution in [0.25, 0.3) is 5.70 Å². The molecule has 5 heteroatoms. The van der Waals surface area contributed by atoms with Gasteiger partial charge in [0.05, 0.1) is 17.7 Å². The van der Waals surface area contributed by atoms with Crippen molar-refractivity contribution in [1.82, 2.24) is 15.5 Å². The third-order valence-corrected chi connectivity index (χ3v) is 4.72. The summed E-state index contributed by atoms with van der Waals surface area (Å²) in [7, 11) is 0. The number of fused-ring (bicyclic) bond motifs is 4. The summed E-state index contributed by atoms with van der Waals surface area (Å²) in [6, 6.07) is 12.2. The summed E-state index contributed by atoms with van der Waals surface area (Å²) in [5, 5.41) is 6.18. The van der Waals surface area contributed by atoms with Gasteiger partial charge < -0.3 is 20.0 Å². The molecule has 1 aromatic carbocycles.